The minimum absolute atomic E-state index is 0.0162. The highest BCUT2D eigenvalue weighted by Gasteiger charge is 2.30. The molecule has 6 nitrogen and oxygen atoms in total. The number of hydrogen-bond donors (Lipinski definition) is 2. The van der Waals surface area contributed by atoms with E-state index in [-0.39, 0.29) is 24.0 Å². The standard InChI is InChI=1S/C20H24N4O2/c1-14(2)22-20(26)23-17-7-5-16(6-8-17)19(25)24-13-3-4-18(24)15-9-11-21-12-10-15/h5-12,14,18H,3-4,13H2,1-2H3,(H2,22,23,26). The Morgan fingerprint density at radius 1 is 1.12 bits per heavy atom. The lowest BCUT2D eigenvalue weighted by Crippen LogP contribution is -2.34. The number of amides is 3. The van der Waals surface area contributed by atoms with E-state index in [9.17, 15) is 9.59 Å². The number of aromatic nitrogens is 1. The molecule has 3 amide bonds. The maximum absolute atomic E-state index is 12.9. The molecule has 1 aliphatic heterocycles. The van der Waals surface area contributed by atoms with Gasteiger partial charge in [0.05, 0.1) is 6.04 Å². The highest BCUT2D eigenvalue weighted by atomic mass is 16.2. The Balaban J connectivity index is 1.69. The molecule has 1 aliphatic rings. The van der Waals surface area contributed by atoms with Gasteiger partial charge in [0.1, 0.15) is 0 Å². The minimum Gasteiger partial charge on any atom is -0.336 e. The van der Waals surface area contributed by atoms with Crippen LogP contribution in [0.25, 0.3) is 0 Å². The zero-order valence-electron chi connectivity index (χ0n) is 15.1. The van der Waals surface area contributed by atoms with E-state index >= 15 is 0 Å². The predicted molar refractivity (Wildman–Crippen MR) is 101 cm³/mol. The lowest BCUT2D eigenvalue weighted by atomic mass is 10.1. The van der Waals surface area contributed by atoms with Crippen molar-refractivity contribution in [3.05, 3.63) is 59.9 Å². The van der Waals surface area contributed by atoms with Crippen LogP contribution in [-0.2, 0) is 0 Å². The van der Waals surface area contributed by atoms with Gasteiger partial charge in [-0.3, -0.25) is 9.78 Å². The summed E-state index contributed by atoms with van der Waals surface area (Å²) in [5.41, 5.74) is 2.40. The molecule has 1 atom stereocenters. The third-order valence-corrected chi connectivity index (χ3v) is 4.41. The molecule has 0 saturated carbocycles. The van der Waals surface area contributed by atoms with E-state index in [0.29, 0.717) is 11.3 Å². The van der Waals surface area contributed by atoms with E-state index in [2.05, 4.69) is 15.6 Å². The lowest BCUT2D eigenvalue weighted by Gasteiger charge is -2.25. The van der Waals surface area contributed by atoms with Crippen molar-refractivity contribution in [1.82, 2.24) is 15.2 Å². The Morgan fingerprint density at radius 3 is 2.46 bits per heavy atom. The van der Waals surface area contributed by atoms with Crippen LogP contribution >= 0.6 is 0 Å². The molecule has 1 aromatic carbocycles. The molecule has 1 unspecified atom stereocenters. The van der Waals surface area contributed by atoms with Crippen molar-refractivity contribution in [1.29, 1.82) is 0 Å². The van der Waals surface area contributed by atoms with Crippen molar-refractivity contribution in [2.75, 3.05) is 11.9 Å². The van der Waals surface area contributed by atoms with Crippen LogP contribution in [0.3, 0.4) is 0 Å². The average molecular weight is 352 g/mol. The molecule has 0 radical (unpaired) electrons. The van der Waals surface area contributed by atoms with Crippen LogP contribution in [0.1, 0.15) is 48.7 Å². The number of nitrogens with one attached hydrogen (secondary N) is 2. The van der Waals surface area contributed by atoms with Gasteiger partial charge in [0.15, 0.2) is 0 Å². The summed E-state index contributed by atoms with van der Waals surface area (Å²) in [6.45, 7) is 4.55. The Bertz CT molecular complexity index is 759. The number of benzene rings is 1. The van der Waals surface area contributed by atoms with Crippen LogP contribution in [0.4, 0.5) is 10.5 Å². The van der Waals surface area contributed by atoms with Gasteiger partial charge in [0.2, 0.25) is 0 Å². The Hall–Kier alpha value is -2.89. The fourth-order valence-electron chi connectivity index (χ4n) is 3.23. The molecular weight excluding hydrogens is 328 g/mol. The molecule has 0 spiro atoms. The third kappa shape index (κ3) is 4.20. The van der Waals surface area contributed by atoms with Gasteiger partial charge in [-0.05, 0) is 68.7 Å². The lowest BCUT2D eigenvalue weighted by molar-refractivity contribution is 0.0735. The normalized spacial score (nSPS) is 16.6. The minimum atomic E-state index is -0.253. The molecular formula is C20H24N4O2. The van der Waals surface area contributed by atoms with Crippen LogP contribution in [0.15, 0.2) is 48.8 Å². The first-order valence-corrected chi connectivity index (χ1v) is 8.93. The van der Waals surface area contributed by atoms with E-state index in [1.54, 1.807) is 36.7 Å². The maximum Gasteiger partial charge on any atom is 0.319 e. The molecule has 1 fully saturated rings. The fourth-order valence-corrected chi connectivity index (χ4v) is 3.23. The van der Waals surface area contributed by atoms with Crippen LogP contribution in [0.2, 0.25) is 0 Å². The van der Waals surface area contributed by atoms with Crippen LogP contribution in [0.5, 0.6) is 0 Å². The third-order valence-electron chi connectivity index (χ3n) is 4.41. The fraction of sp³-hybridized carbons (Fsp3) is 0.350. The molecule has 2 N–H and O–H groups in total. The number of rotatable bonds is 4. The number of urea groups is 1. The predicted octanol–water partition coefficient (Wildman–Crippen LogP) is 3.59. The van der Waals surface area contributed by atoms with Crippen molar-refractivity contribution in [3.8, 4) is 0 Å². The van der Waals surface area contributed by atoms with Gasteiger partial charge in [-0.1, -0.05) is 0 Å². The van der Waals surface area contributed by atoms with Gasteiger partial charge >= 0.3 is 6.03 Å². The van der Waals surface area contributed by atoms with E-state index < -0.39 is 0 Å². The number of likely N-dealkylation sites (tertiary alicyclic amines) is 1. The molecule has 0 aliphatic carbocycles. The molecule has 2 heterocycles. The topological polar surface area (TPSA) is 74.3 Å². The van der Waals surface area contributed by atoms with Crippen LogP contribution < -0.4 is 10.6 Å². The molecule has 1 aromatic heterocycles. The summed E-state index contributed by atoms with van der Waals surface area (Å²) < 4.78 is 0. The molecule has 26 heavy (non-hydrogen) atoms. The molecule has 2 aromatic rings. The molecule has 1 saturated heterocycles. The van der Waals surface area contributed by atoms with E-state index in [1.165, 1.54) is 0 Å². The summed E-state index contributed by atoms with van der Waals surface area (Å²) >= 11 is 0. The molecule has 3 rings (SSSR count). The number of nitrogens with zero attached hydrogens (tertiary/aromatic N) is 2. The zero-order chi connectivity index (χ0) is 18.5. The number of hydrogen-bond acceptors (Lipinski definition) is 3. The maximum atomic E-state index is 12.9. The highest BCUT2D eigenvalue weighted by molar-refractivity contribution is 5.96. The SMILES string of the molecule is CC(C)NC(=O)Nc1ccc(C(=O)N2CCCC2c2ccncc2)cc1. The largest absolute Gasteiger partial charge is 0.336 e. The Labute approximate surface area is 153 Å². The van der Waals surface area contributed by atoms with E-state index in [0.717, 1.165) is 24.9 Å². The second kappa shape index (κ2) is 7.99. The quantitative estimate of drug-likeness (QED) is 0.883. The average Bonchev–Trinajstić information content (AvgIpc) is 3.11. The van der Waals surface area contributed by atoms with Gasteiger partial charge < -0.3 is 15.5 Å². The van der Waals surface area contributed by atoms with Gasteiger partial charge in [-0.2, -0.15) is 0 Å². The van der Waals surface area contributed by atoms with Crippen LogP contribution in [-0.4, -0.2) is 34.4 Å². The van der Waals surface area contributed by atoms with Gasteiger partial charge in [-0.25, -0.2) is 4.79 Å². The van der Waals surface area contributed by atoms with Gasteiger partial charge in [-0.15, -0.1) is 0 Å². The Morgan fingerprint density at radius 2 is 1.81 bits per heavy atom. The molecule has 136 valence electrons. The van der Waals surface area contributed by atoms with Gasteiger partial charge in [0.25, 0.3) is 5.91 Å². The second-order valence-electron chi connectivity index (χ2n) is 6.77. The second-order valence-corrected chi connectivity index (χ2v) is 6.77. The van der Waals surface area contributed by atoms with E-state index in [1.807, 2.05) is 30.9 Å². The monoisotopic (exact) mass is 352 g/mol. The van der Waals surface area contributed by atoms with Crippen molar-refractivity contribution < 1.29 is 9.59 Å². The van der Waals surface area contributed by atoms with Crippen molar-refractivity contribution in [2.45, 2.75) is 38.8 Å². The zero-order valence-corrected chi connectivity index (χ0v) is 15.1. The Kier molecular flexibility index (Phi) is 5.51. The summed E-state index contributed by atoms with van der Waals surface area (Å²) in [7, 11) is 0. The van der Waals surface area contributed by atoms with Crippen molar-refractivity contribution in [2.24, 2.45) is 0 Å². The summed E-state index contributed by atoms with van der Waals surface area (Å²) in [4.78, 5) is 30.6. The summed E-state index contributed by atoms with van der Waals surface area (Å²) in [6.07, 6.45) is 5.48. The first-order chi connectivity index (χ1) is 12.5. The summed E-state index contributed by atoms with van der Waals surface area (Å²) in [5, 5.41) is 5.53. The smallest absolute Gasteiger partial charge is 0.319 e. The first-order valence-electron chi connectivity index (χ1n) is 8.93. The highest BCUT2D eigenvalue weighted by Crippen LogP contribution is 2.32. The van der Waals surface area contributed by atoms with Gasteiger partial charge in [0, 0.05) is 36.2 Å². The number of carbonyl (C=O) groups is 2. The van der Waals surface area contributed by atoms with Crippen molar-refractivity contribution in [3.63, 3.8) is 0 Å². The van der Waals surface area contributed by atoms with Crippen LogP contribution in [0, 0.1) is 0 Å². The summed E-state index contributed by atoms with van der Waals surface area (Å²) in [5.74, 6) is 0.0162. The van der Waals surface area contributed by atoms with E-state index in [4.69, 9.17) is 0 Å². The number of carbonyl (C=O) groups excluding carboxylic acids is 2. The molecule has 0 bridgehead atoms. The molecule has 6 heteroatoms. The summed E-state index contributed by atoms with van der Waals surface area (Å²) in [6, 6.07) is 10.9. The van der Waals surface area contributed by atoms with Crippen molar-refractivity contribution >= 4 is 17.6 Å². The number of anilines is 1. The first kappa shape index (κ1) is 17.9. The number of pyridine rings is 1.